The summed E-state index contributed by atoms with van der Waals surface area (Å²) in [4.78, 5) is 12.6. The molecule has 138 valence electrons. The van der Waals surface area contributed by atoms with Gasteiger partial charge >= 0.3 is 0 Å². The summed E-state index contributed by atoms with van der Waals surface area (Å²) in [6.07, 6.45) is 3.34. The van der Waals surface area contributed by atoms with Crippen molar-refractivity contribution in [2.75, 3.05) is 24.8 Å². The number of fused-ring (bicyclic) bond motifs is 1. The van der Waals surface area contributed by atoms with Gasteiger partial charge in [-0.3, -0.25) is 0 Å². The molecular weight excluding hydrogens is 362 g/mol. The van der Waals surface area contributed by atoms with E-state index in [0.29, 0.717) is 12.5 Å². The maximum absolute atomic E-state index is 10.00. The number of nitrogens with zero attached hydrogens (tertiary/aromatic N) is 3. The fourth-order valence-corrected chi connectivity index (χ4v) is 4.27. The van der Waals surface area contributed by atoms with Gasteiger partial charge in [0.05, 0.1) is 16.7 Å². The Balaban J connectivity index is 1.59. The van der Waals surface area contributed by atoms with Crippen molar-refractivity contribution < 1.29 is 14.6 Å². The summed E-state index contributed by atoms with van der Waals surface area (Å²) in [7, 11) is 0. The fourth-order valence-electron chi connectivity index (χ4n) is 3.54. The second-order valence-electron chi connectivity index (χ2n) is 6.72. The Morgan fingerprint density at radius 3 is 2.96 bits per heavy atom. The first-order chi connectivity index (χ1) is 13.3. The maximum atomic E-state index is 10.00. The lowest BCUT2D eigenvalue weighted by atomic mass is 10.0. The zero-order chi connectivity index (χ0) is 18.2. The van der Waals surface area contributed by atoms with E-state index in [1.54, 1.807) is 11.3 Å². The molecule has 0 amide bonds. The lowest BCUT2D eigenvalue weighted by Gasteiger charge is -2.30. The van der Waals surface area contributed by atoms with Gasteiger partial charge in [-0.05, 0) is 42.0 Å². The fraction of sp³-hybridized carbons (Fsp3) is 0.300. The minimum atomic E-state index is -0.318. The Morgan fingerprint density at radius 2 is 2.11 bits per heavy atom. The first kappa shape index (κ1) is 16.5. The normalized spacial score (nSPS) is 18.7. The zero-order valence-electron chi connectivity index (χ0n) is 14.7. The molecule has 0 saturated carbocycles. The molecule has 4 heterocycles. The second kappa shape index (κ2) is 6.83. The number of rotatable bonds is 3. The molecule has 7 heteroatoms. The first-order valence-corrected chi connectivity index (χ1v) is 9.90. The number of benzene rings is 1. The molecule has 0 aliphatic carbocycles. The average molecular weight is 381 g/mol. The summed E-state index contributed by atoms with van der Waals surface area (Å²) >= 11 is 1.65. The minimum absolute atomic E-state index is 0.253. The Labute approximate surface area is 161 Å². The van der Waals surface area contributed by atoms with Gasteiger partial charge in [0.2, 0.25) is 12.7 Å². The molecule has 2 aliphatic heterocycles. The summed E-state index contributed by atoms with van der Waals surface area (Å²) in [5.74, 6) is 2.17. The molecule has 1 saturated heterocycles. The van der Waals surface area contributed by atoms with Gasteiger partial charge in [-0.25, -0.2) is 9.97 Å². The molecule has 1 aromatic carbocycles. The molecule has 5 rings (SSSR count). The molecule has 1 atom stereocenters. The quantitative estimate of drug-likeness (QED) is 0.748. The van der Waals surface area contributed by atoms with Gasteiger partial charge in [0.25, 0.3) is 0 Å². The van der Waals surface area contributed by atoms with Crippen LogP contribution in [-0.4, -0.2) is 41.1 Å². The topological polar surface area (TPSA) is 67.7 Å². The Hall–Kier alpha value is -2.64. The molecular formula is C20H19N3O3S. The SMILES string of the molecule is OC1CCCN(c2ncc(-c3ccc4c(c3)OCO4)c(-c3cccs3)n2)C1. The molecule has 0 spiro atoms. The molecule has 2 aromatic heterocycles. The van der Waals surface area contributed by atoms with Crippen molar-refractivity contribution in [3.05, 3.63) is 41.9 Å². The molecule has 3 aromatic rings. The monoisotopic (exact) mass is 381 g/mol. The van der Waals surface area contributed by atoms with Crippen LogP contribution in [0.1, 0.15) is 12.8 Å². The highest BCUT2D eigenvalue weighted by molar-refractivity contribution is 7.13. The molecule has 0 radical (unpaired) electrons. The van der Waals surface area contributed by atoms with Crippen LogP contribution in [0, 0.1) is 0 Å². The van der Waals surface area contributed by atoms with E-state index in [-0.39, 0.29) is 12.9 Å². The van der Waals surface area contributed by atoms with Crippen LogP contribution in [0.4, 0.5) is 5.95 Å². The molecule has 1 unspecified atom stereocenters. The van der Waals surface area contributed by atoms with Crippen LogP contribution >= 0.6 is 11.3 Å². The van der Waals surface area contributed by atoms with Gasteiger partial charge in [0.15, 0.2) is 11.5 Å². The number of aliphatic hydroxyl groups excluding tert-OH is 1. The highest BCUT2D eigenvalue weighted by atomic mass is 32.1. The van der Waals surface area contributed by atoms with E-state index in [9.17, 15) is 5.11 Å². The third kappa shape index (κ3) is 3.13. The second-order valence-corrected chi connectivity index (χ2v) is 7.67. The molecule has 1 fully saturated rings. The molecule has 6 nitrogen and oxygen atoms in total. The smallest absolute Gasteiger partial charge is 0.231 e. The summed E-state index contributed by atoms with van der Waals surface area (Å²) in [5.41, 5.74) is 2.85. The van der Waals surface area contributed by atoms with Crippen molar-refractivity contribution in [2.24, 2.45) is 0 Å². The maximum Gasteiger partial charge on any atom is 0.231 e. The Kier molecular flexibility index (Phi) is 4.18. The van der Waals surface area contributed by atoms with Crippen LogP contribution in [0.2, 0.25) is 0 Å². The van der Waals surface area contributed by atoms with Crippen molar-refractivity contribution in [1.82, 2.24) is 9.97 Å². The van der Waals surface area contributed by atoms with E-state index in [2.05, 4.69) is 16.0 Å². The third-order valence-electron chi connectivity index (χ3n) is 4.89. The summed E-state index contributed by atoms with van der Waals surface area (Å²) < 4.78 is 10.9. The Morgan fingerprint density at radius 1 is 1.19 bits per heavy atom. The lowest BCUT2D eigenvalue weighted by Crippen LogP contribution is -2.39. The van der Waals surface area contributed by atoms with Gasteiger partial charge in [-0.1, -0.05) is 12.1 Å². The summed E-state index contributed by atoms with van der Waals surface area (Å²) in [6.45, 7) is 1.70. The number of piperidine rings is 1. The average Bonchev–Trinajstić information content (AvgIpc) is 3.39. The predicted octanol–water partition coefficient (Wildman–Crippen LogP) is 3.56. The number of hydrogen-bond acceptors (Lipinski definition) is 7. The van der Waals surface area contributed by atoms with Crippen molar-refractivity contribution in [1.29, 1.82) is 0 Å². The highest BCUT2D eigenvalue weighted by Crippen LogP contribution is 2.39. The zero-order valence-corrected chi connectivity index (χ0v) is 15.5. The van der Waals surface area contributed by atoms with Crippen molar-refractivity contribution >= 4 is 17.3 Å². The number of β-amino-alcohol motifs (C(OH)–C–C–N with tert-alkyl or cyclic N) is 1. The number of thiophene rings is 1. The largest absolute Gasteiger partial charge is 0.454 e. The molecule has 0 bridgehead atoms. The van der Waals surface area contributed by atoms with Gasteiger partial charge in [-0.2, -0.15) is 0 Å². The van der Waals surface area contributed by atoms with Crippen LogP contribution in [0.5, 0.6) is 11.5 Å². The Bertz CT molecular complexity index is 961. The number of ether oxygens (including phenoxy) is 2. The van der Waals surface area contributed by atoms with Crippen molar-refractivity contribution in [2.45, 2.75) is 18.9 Å². The van der Waals surface area contributed by atoms with E-state index >= 15 is 0 Å². The van der Waals surface area contributed by atoms with E-state index in [4.69, 9.17) is 14.5 Å². The summed E-state index contributed by atoms with van der Waals surface area (Å²) in [5, 5.41) is 12.0. The predicted molar refractivity (Wildman–Crippen MR) is 104 cm³/mol. The number of aromatic nitrogens is 2. The highest BCUT2D eigenvalue weighted by Gasteiger charge is 2.22. The van der Waals surface area contributed by atoms with Crippen molar-refractivity contribution in [3.8, 4) is 33.2 Å². The van der Waals surface area contributed by atoms with E-state index in [1.807, 2.05) is 35.8 Å². The van der Waals surface area contributed by atoms with E-state index in [0.717, 1.165) is 52.6 Å². The molecule has 2 aliphatic rings. The number of aliphatic hydroxyl groups is 1. The van der Waals surface area contributed by atoms with Gasteiger partial charge in [0.1, 0.15) is 0 Å². The van der Waals surface area contributed by atoms with Gasteiger partial charge in [-0.15, -0.1) is 11.3 Å². The van der Waals surface area contributed by atoms with E-state index < -0.39 is 0 Å². The molecule has 27 heavy (non-hydrogen) atoms. The molecule has 1 N–H and O–H groups in total. The van der Waals surface area contributed by atoms with Crippen LogP contribution in [0.15, 0.2) is 41.9 Å². The summed E-state index contributed by atoms with van der Waals surface area (Å²) in [6, 6.07) is 10.00. The standard InChI is InChI=1S/C20H19N3O3S/c24-14-3-1-7-23(11-14)20-21-10-15(19(22-20)18-4-2-8-27-18)13-5-6-16-17(9-13)26-12-25-16/h2,4-6,8-10,14,24H,1,3,7,11-12H2. The number of anilines is 1. The lowest BCUT2D eigenvalue weighted by molar-refractivity contribution is 0.153. The van der Waals surface area contributed by atoms with Gasteiger partial charge < -0.3 is 19.5 Å². The van der Waals surface area contributed by atoms with Crippen LogP contribution in [0.3, 0.4) is 0 Å². The first-order valence-electron chi connectivity index (χ1n) is 9.02. The van der Waals surface area contributed by atoms with Gasteiger partial charge in [0, 0.05) is 24.8 Å². The van der Waals surface area contributed by atoms with Crippen LogP contribution in [-0.2, 0) is 0 Å². The third-order valence-corrected chi connectivity index (χ3v) is 5.77. The minimum Gasteiger partial charge on any atom is -0.454 e. The van der Waals surface area contributed by atoms with Crippen LogP contribution < -0.4 is 14.4 Å². The number of hydrogen-bond donors (Lipinski definition) is 1. The van der Waals surface area contributed by atoms with Crippen LogP contribution in [0.25, 0.3) is 21.7 Å². The van der Waals surface area contributed by atoms with E-state index in [1.165, 1.54) is 0 Å². The van der Waals surface area contributed by atoms with Crippen molar-refractivity contribution in [3.63, 3.8) is 0 Å².